The van der Waals surface area contributed by atoms with E-state index in [1.165, 1.54) is 13.2 Å². The van der Waals surface area contributed by atoms with Crippen molar-refractivity contribution in [3.8, 4) is 17.6 Å². The van der Waals surface area contributed by atoms with Gasteiger partial charge in [-0.1, -0.05) is 0 Å². The number of benzene rings is 2. The molecule has 2 aromatic carbocycles. The molecule has 0 amide bonds. The van der Waals surface area contributed by atoms with Crippen LogP contribution in [0, 0.1) is 25.2 Å². The number of alkyl halides is 2. The van der Waals surface area contributed by atoms with E-state index in [9.17, 15) is 18.8 Å². The van der Waals surface area contributed by atoms with Crippen molar-refractivity contribution in [2.75, 3.05) is 7.11 Å². The van der Waals surface area contributed by atoms with Gasteiger partial charge in [-0.05, 0) is 73.0 Å². The van der Waals surface area contributed by atoms with Gasteiger partial charge >= 0.3 is 6.61 Å². The number of Topliss-reactive ketones (excluding diaryl/α,β-unsaturated/α-hetero) is 1. The lowest BCUT2D eigenvalue weighted by molar-refractivity contribution is -0.0507. The first-order chi connectivity index (χ1) is 12.3. The molecule has 0 unspecified atom stereocenters. The third-order valence-corrected chi connectivity index (χ3v) is 3.72. The molecule has 2 aromatic rings. The molecule has 0 atom stereocenters. The quantitative estimate of drug-likeness (QED) is 0.427. The Morgan fingerprint density at radius 3 is 2.19 bits per heavy atom. The SMILES string of the molecule is COc1ccc(C(=O)/C(C#N)=C/c2cc(C)c(OC(F)F)c(C)c2)cc1. The number of carbonyl (C=O) groups is 1. The summed E-state index contributed by atoms with van der Waals surface area (Å²) in [5, 5.41) is 9.34. The summed E-state index contributed by atoms with van der Waals surface area (Å²) in [5.74, 6) is 0.264. The fourth-order valence-corrected chi connectivity index (χ4v) is 2.56. The number of aryl methyl sites for hydroxylation is 2. The van der Waals surface area contributed by atoms with Crippen molar-refractivity contribution >= 4 is 11.9 Å². The fraction of sp³-hybridized carbons (Fsp3) is 0.200. The Labute approximate surface area is 150 Å². The first kappa shape index (κ1) is 19.1. The van der Waals surface area contributed by atoms with Crippen molar-refractivity contribution in [2.24, 2.45) is 0 Å². The van der Waals surface area contributed by atoms with Gasteiger partial charge in [0.25, 0.3) is 0 Å². The zero-order valence-corrected chi connectivity index (χ0v) is 14.5. The molecule has 0 radical (unpaired) electrons. The molecule has 0 bridgehead atoms. The lowest BCUT2D eigenvalue weighted by Crippen LogP contribution is -2.05. The van der Waals surface area contributed by atoms with Crippen molar-refractivity contribution < 1.29 is 23.0 Å². The minimum atomic E-state index is -2.92. The first-order valence-corrected chi connectivity index (χ1v) is 7.72. The van der Waals surface area contributed by atoms with Gasteiger partial charge in [-0.3, -0.25) is 4.79 Å². The third-order valence-electron chi connectivity index (χ3n) is 3.72. The number of halogens is 2. The van der Waals surface area contributed by atoms with E-state index in [0.717, 1.165) is 0 Å². The molecule has 2 rings (SSSR count). The van der Waals surface area contributed by atoms with Crippen molar-refractivity contribution in [2.45, 2.75) is 20.5 Å². The summed E-state index contributed by atoms with van der Waals surface area (Å²) >= 11 is 0. The Kier molecular flexibility index (Phi) is 6.07. The molecule has 0 aromatic heterocycles. The molecule has 134 valence electrons. The summed E-state index contributed by atoms with van der Waals surface area (Å²) in [6.07, 6.45) is 1.43. The summed E-state index contributed by atoms with van der Waals surface area (Å²) in [4.78, 5) is 12.5. The van der Waals surface area contributed by atoms with Crippen LogP contribution in [-0.2, 0) is 0 Å². The van der Waals surface area contributed by atoms with Crippen LogP contribution in [-0.4, -0.2) is 19.5 Å². The van der Waals surface area contributed by atoms with Crippen molar-refractivity contribution in [1.82, 2.24) is 0 Å². The number of hydrogen-bond donors (Lipinski definition) is 0. The predicted molar refractivity (Wildman–Crippen MR) is 93.5 cm³/mol. The highest BCUT2D eigenvalue weighted by Gasteiger charge is 2.14. The summed E-state index contributed by atoms with van der Waals surface area (Å²) < 4.78 is 34.5. The lowest BCUT2D eigenvalue weighted by atomic mass is 9.99. The van der Waals surface area contributed by atoms with Crippen LogP contribution >= 0.6 is 0 Å². The summed E-state index contributed by atoms with van der Waals surface area (Å²) in [6.45, 7) is 0.332. The van der Waals surface area contributed by atoms with Gasteiger partial charge in [0, 0.05) is 5.56 Å². The second kappa shape index (κ2) is 8.26. The molecule has 0 N–H and O–H groups in total. The van der Waals surface area contributed by atoms with Gasteiger partial charge in [0.05, 0.1) is 7.11 Å². The first-order valence-electron chi connectivity index (χ1n) is 7.72. The Balaban J connectivity index is 2.36. The van der Waals surface area contributed by atoms with Crippen LogP contribution in [0.5, 0.6) is 11.5 Å². The Bertz CT molecular complexity index is 858. The zero-order chi connectivity index (χ0) is 19.3. The molecular formula is C20H17F2NO3. The van der Waals surface area contributed by atoms with Gasteiger partial charge < -0.3 is 9.47 Å². The summed E-state index contributed by atoms with van der Waals surface area (Å²) in [6, 6.07) is 11.5. The highest BCUT2D eigenvalue weighted by atomic mass is 19.3. The van der Waals surface area contributed by atoms with Crippen LogP contribution in [0.15, 0.2) is 42.0 Å². The van der Waals surface area contributed by atoms with E-state index in [2.05, 4.69) is 4.74 Å². The maximum absolute atomic E-state index is 12.5. The van der Waals surface area contributed by atoms with Crippen LogP contribution in [0.25, 0.3) is 6.08 Å². The lowest BCUT2D eigenvalue weighted by Gasteiger charge is -2.12. The summed E-state index contributed by atoms with van der Waals surface area (Å²) in [7, 11) is 1.52. The van der Waals surface area contributed by atoms with E-state index in [1.807, 2.05) is 6.07 Å². The van der Waals surface area contributed by atoms with Crippen molar-refractivity contribution in [3.63, 3.8) is 0 Å². The Morgan fingerprint density at radius 2 is 1.73 bits per heavy atom. The van der Waals surface area contributed by atoms with Gasteiger partial charge in [-0.25, -0.2) is 0 Å². The number of hydrogen-bond acceptors (Lipinski definition) is 4. The summed E-state index contributed by atoms with van der Waals surface area (Å²) in [5.41, 5.74) is 1.83. The van der Waals surface area contributed by atoms with E-state index < -0.39 is 12.4 Å². The van der Waals surface area contributed by atoms with E-state index >= 15 is 0 Å². The number of allylic oxidation sites excluding steroid dienone is 1. The average Bonchev–Trinajstić information content (AvgIpc) is 2.62. The predicted octanol–water partition coefficient (Wildman–Crippen LogP) is 4.70. The van der Waals surface area contributed by atoms with E-state index in [4.69, 9.17) is 4.74 Å². The zero-order valence-electron chi connectivity index (χ0n) is 14.5. The standard InChI is InChI=1S/C20H17F2NO3/c1-12-8-14(9-13(2)19(12)26-20(21)22)10-16(11-23)18(24)15-4-6-17(25-3)7-5-15/h4-10,20H,1-3H3/b16-10+. The third kappa shape index (κ3) is 4.45. The number of ketones is 1. The average molecular weight is 357 g/mol. The van der Waals surface area contributed by atoms with Gasteiger partial charge in [0.1, 0.15) is 23.1 Å². The van der Waals surface area contributed by atoms with E-state index in [1.54, 1.807) is 50.2 Å². The maximum Gasteiger partial charge on any atom is 0.387 e. The largest absolute Gasteiger partial charge is 0.497 e. The molecule has 0 spiro atoms. The number of rotatable bonds is 6. The second-order valence-corrected chi connectivity index (χ2v) is 5.59. The molecule has 0 heterocycles. The molecular weight excluding hydrogens is 340 g/mol. The number of nitriles is 1. The maximum atomic E-state index is 12.5. The number of nitrogens with zero attached hydrogens (tertiary/aromatic N) is 1. The van der Waals surface area contributed by atoms with E-state index in [-0.39, 0.29) is 11.3 Å². The van der Waals surface area contributed by atoms with Gasteiger partial charge in [-0.15, -0.1) is 0 Å². The topological polar surface area (TPSA) is 59.3 Å². The second-order valence-electron chi connectivity index (χ2n) is 5.59. The Morgan fingerprint density at radius 1 is 1.15 bits per heavy atom. The van der Waals surface area contributed by atoms with Crippen LogP contribution in [0.1, 0.15) is 27.0 Å². The van der Waals surface area contributed by atoms with Crippen LogP contribution in [0.2, 0.25) is 0 Å². The molecule has 0 aliphatic carbocycles. The van der Waals surface area contributed by atoms with Gasteiger partial charge in [0.15, 0.2) is 0 Å². The number of ether oxygens (including phenoxy) is 2. The minimum absolute atomic E-state index is 0.0588. The van der Waals surface area contributed by atoms with E-state index in [0.29, 0.717) is 28.0 Å². The molecule has 0 fully saturated rings. The van der Waals surface area contributed by atoms with Crippen LogP contribution in [0.4, 0.5) is 8.78 Å². The monoisotopic (exact) mass is 357 g/mol. The van der Waals surface area contributed by atoms with Crippen molar-refractivity contribution in [3.05, 3.63) is 64.2 Å². The molecule has 0 saturated carbocycles. The molecule has 0 saturated heterocycles. The molecule has 0 aliphatic rings. The molecule has 4 nitrogen and oxygen atoms in total. The fourth-order valence-electron chi connectivity index (χ4n) is 2.56. The van der Waals surface area contributed by atoms with Gasteiger partial charge in [-0.2, -0.15) is 14.0 Å². The highest BCUT2D eigenvalue weighted by Crippen LogP contribution is 2.27. The minimum Gasteiger partial charge on any atom is -0.497 e. The highest BCUT2D eigenvalue weighted by molar-refractivity contribution is 6.14. The Hall–Kier alpha value is -3.20. The molecule has 0 aliphatic heterocycles. The number of methoxy groups -OCH3 is 1. The normalized spacial score (nSPS) is 11.2. The van der Waals surface area contributed by atoms with Crippen LogP contribution in [0.3, 0.4) is 0 Å². The number of carbonyl (C=O) groups excluding carboxylic acids is 1. The molecule has 6 heteroatoms. The molecule has 26 heavy (non-hydrogen) atoms. The van der Waals surface area contributed by atoms with Crippen molar-refractivity contribution in [1.29, 1.82) is 5.26 Å². The smallest absolute Gasteiger partial charge is 0.387 e. The van der Waals surface area contributed by atoms with Crippen LogP contribution < -0.4 is 9.47 Å². The van der Waals surface area contributed by atoms with Gasteiger partial charge in [0.2, 0.25) is 5.78 Å².